The number of halogens is 2. The molecule has 1 amide bonds. The monoisotopic (exact) mass is 365 g/mol. The third-order valence-corrected chi connectivity index (χ3v) is 4.57. The van der Waals surface area contributed by atoms with Crippen LogP contribution in [0.4, 0.5) is 26.0 Å². The fourth-order valence-corrected chi connectivity index (χ4v) is 3.23. The first kappa shape index (κ1) is 17.1. The molecule has 1 N–H and O–H groups in total. The van der Waals surface area contributed by atoms with Crippen LogP contribution in [0.2, 0.25) is 0 Å². The van der Waals surface area contributed by atoms with Gasteiger partial charge in [0.15, 0.2) is 11.6 Å². The quantitative estimate of drug-likeness (QED) is 0.732. The average molecular weight is 365 g/mol. The van der Waals surface area contributed by atoms with Gasteiger partial charge in [-0.1, -0.05) is 18.2 Å². The zero-order valence-corrected chi connectivity index (χ0v) is 14.5. The van der Waals surface area contributed by atoms with E-state index < -0.39 is 17.5 Å². The molecule has 1 aromatic heterocycles. The van der Waals surface area contributed by atoms with Crippen LogP contribution in [0.5, 0.6) is 0 Å². The summed E-state index contributed by atoms with van der Waals surface area (Å²) in [5.41, 5.74) is 2.95. The lowest BCUT2D eigenvalue weighted by Gasteiger charge is -2.30. The topological polar surface area (TPSA) is 45.2 Å². The van der Waals surface area contributed by atoms with E-state index in [-0.39, 0.29) is 5.69 Å². The predicted molar refractivity (Wildman–Crippen MR) is 100 cm³/mol. The third kappa shape index (κ3) is 3.51. The van der Waals surface area contributed by atoms with Crippen LogP contribution in [0.3, 0.4) is 0 Å². The van der Waals surface area contributed by atoms with E-state index in [1.54, 1.807) is 12.1 Å². The zero-order valence-electron chi connectivity index (χ0n) is 14.5. The van der Waals surface area contributed by atoms with E-state index >= 15 is 0 Å². The number of benzene rings is 2. The lowest BCUT2D eigenvalue weighted by Crippen LogP contribution is -2.25. The number of rotatable bonds is 3. The second-order valence-electron chi connectivity index (χ2n) is 6.37. The van der Waals surface area contributed by atoms with Gasteiger partial charge < -0.3 is 10.2 Å². The number of aromatic nitrogens is 1. The Bertz CT molecular complexity index is 989. The van der Waals surface area contributed by atoms with Crippen molar-refractivity contribution in [3.05, 3.63) is 83.6 Å². The van der Waals surface area contributed by atoms with Gasteiger partial charge >= 0.3 is 0 Å². The Hall–Kier alpha value is -3.28. The van der Waals surface area contributed by atoms with Gasteiger partial charge in [-0.3, -0.25) is 4.79 Å². The zero-order chi connectivity index (χ0) is 18.8. The molecule has 0 saturated heterocycles. The molecule has 4 rings (SSSR count). The molecule has 2 aromatic carbocycles. The number of pyridine rings is 1. The highest BCUT2D eigenvalue weighted by molar-refractivity contribution is 6.04. The van der Waals surface area contributed by atoms with Gasteiger partial charge in [0, 0.05) is 30.2 Å². The molecule has 1 aliphatic rings. The van der Waals surface area contributed by atoms with Gasteiger partial charge in [-0.15, -0.1) is 0 Å². The molecule has 6 heteroatoms. The second-order valence-corrected chi connectivity index (χ2v) is 6.37. The maximum atomic E-state index is 13.3. The molecule has 0 aliphatic carbocycles. The van der Waals surface area contributed by atoms with Crippen LogP contribution in [-0.2, 0) is 6.42 Å². The van der Waals surface area contributed by atoms with E-state index in [2.05, 4.69) is 27.3 Å². The van der Waals surface area contributed by atoms with E-state index in [1.165, 1.54) is 17.8 Å². The van der Waals surface area contributed by atoms with Gasteiger partial charge in [0.2, 0.25) is 0 Å². The highest BCUT2D eigenvalue weighted by atomic mass is 19.2. The summed E-state index contributed by atoms with van der Waals surface area (Å²) in [5, 5.41) is 2.54. The fraction of sp³-hybridized carbons (Fsp3) is 0.143. The Morgan fingerprint density at radius 2 is 1.89 bits per heavy atom. The summed E-state index contributed by atoms with van der Waals surface area (Å²) < 4.78 is 26.3. The average Bonchev–Trinajstić information content (AvgIpc) is 2.70. The van der Waals surface area contributed by atoms with Crippen LogP contribution in [0, 0.1) is 11.6 Å². The molecule has 0 radical (unpaired) electrons. The number of hydrogen-bond acceptors (Lipinski definition) is 3. The molecule has 2 heterocycles. The Morgan fingerprint density at radius 3 is 2.67 bits per heavy atom. The number of hydrogen-bond donors (Lipinski definition) is 1. The largest absolute Gasteiger partial charge is 0.326 e. The van der Waals surface area contributed by atoms with E-state index in [0.29, 0.717) is 5.56 Å². The Labute approximate surface area is 155 Å². The van der Waals surface area contributed by atoms with E-state index in [1.807, 2.05) is 12.1 Å². The molecule has 0 bridgehead atoms. The fourth-order valence-electron chi connectivity index (χ4n) is 3.23. The van der Waals surface area contributed by atoms with Crippen molar-refractivity contribution in [3.8, 4) is 0 Å². The molecule has 0 atom stereocenters. The van der Waals surface area contributed by atoms with E-state index in [0.717, 1.165) is 43.0 Å². The van der Waals surface area contributed by atoms with Crippen molar-refractivity contribution in [2.45, 2.75) is 12.8 Å². The summed E-state index contributed by atoms with van der Waals surface area (Å²) >= 11 is 0. The van der Waals surface area contributed by atoms with Crippen molar-refractivity contribution < 1.29 is 13.6 Å². The van der Waals surface area contributed by atoms with Gasteiger partial charge in [-0.2, -0.15) is 0 Å². The Balaban J connectivity index is 1.52. The summed E-state index contributed by atoms with van der Waals surface area (Å²) in [6, 6.07) is 14.9. The van der Waals surface area contributed by atoms with Gasteiger partial charge in [-0.05, 0) is 48.7 Å². The molecule has 0 fully saturated rings. The number of carbonyl (C=O) groups is 1. The molecule has 3 aromatic rings. The number of nitrogens with one attached hydrogen (secondary N) is 1. The highest BCUT2D eigenvalue weighted by Crippen LogP contribution is 2.32. The van der Waals surface area contributed by atoms with Gasteiger partial charge in [0.05, 0.1) is 5.56 Å². The summed E-state index contributed by atoms with van der Waals surface area (Å²) in [5.74, 6) is -1.63. The van der Waals surface area contributed by atoms with Gasteiger partial charge in [0.25, 0.3) is 5.91 Å². The minimum atomic E-state index is -1.01. The number of amides is 1. The number of carbonyl (C=O) groups excluding carboxylic acids is 1. The van der Waals surface area contributed by atoms with E-state index in [4.69, 9.17) is 0 Å². The first-order valence-corrected chi connectivity index (χ1v) is 8.70. The van der Waals surface area contributed by atoms with Crippen molar-refractivity contribution in [2.75, 3.05) is 16.8 Å². The lowest BCUT2D eigenvalue weighted by atomic mass is 10.0. The molecule has 0 spiro atoms. The smallest absolute Gasteiger partial charge is 0.257 e. The van der Waals surface area contributed by atoms with Crippen LogP contribution >= 0.6 is 0 Å². The van der Waals surface area contributed by atoms with Crippen LogP contribution < -0.4 is 10.2 Å². The molecular formula is C21H17F2N3O. The van der Waals surface area contributed by atoms with Crippen LogP contribution in [0.1, 0.15) is 22.3 Å². The second kappa shape index (κ2) is 7.15. The molecule has 4 nitrogen and oxygen atoms in total. The van der Waals surface area contributed by atoms with E-state index in [9.17, 15) is 13.6 Å². The number of fused-ring (bicyclic) bond motifs is 1. The van der Waals surface area contributed by atoms with Gasteiger partial charge in [0.1, 0.15) is 5.82 Å². The molecule has 0 unspecified atom stereocenters. The Kier molecular flexibility index (Phi) is 4.54. The highest BCUT2D eigenvalue weighted by Gasteiger charge is 2.19. The molecule has 27 heavy (non-hydrogen) atoms. The number of para-hydroxylation sites is 1. The van der Waals surface area contributed by atoms with Crippen LogP contribution in [0.25, 0.3) is 0 Å². The first-order chi connectivity index (χ1) is 13.1. The summed E-state index contributed by atoms with van der Waals surface area (Å²) in [7, 11) is 0. The SMILES string of the molecule is O=C(Nc1ccc(F)c(F)c1)c1ccc(N2CCCc3ccccc32)nc1. The van der Waals surface area contributed by atoms with Crippen molar-refractivity contribution in [1.29, 1.82) is 0 Å². The Morgan fingerprint density at radius 1 is 1.04 bits per heavy atom. The van der Waals surface area contributed by atoms with Crippen LogP contribution in [0.15, 0.2) is 60.8 Å². The number of anilines is 3. The first-order valence-electron chi connectivity index (χ1n) is 8.70. The van der Waals surface area contributed by atoms with Crippen LogP contribution in [-0.4, -0.2) is 17.4 Å². The molecular weight excluding hydrogens is 348 g/mol. The summed E-state index contributed by atoms with van der Waals surface area (Å²) in [6.07, 6.45) is 3.57. The third-order valence-electron chi connectivity index (χ3n) is 4.57. The summed E-state index contributed by atoms with van der Waals surface area (Å²) in [4.78, 5) is 18.9. The van der Waals surface area contributed by atoms with Crippen molar-refractivity contribution in [3.63, 3.8) is 0 Å². The predicted octanol–water partition coefficient (Wildman–Crippen LogP) is 4.70. The molecule has 1 aliphatic heterocycles. The molecule has 136 valence electrons. The minimum absolute atomic E-state index is 0.188. The number of aryl methyl sites for hydroxylation is 1. The van der Waals surface area contributed by atoms with Crippen molar-refractivity contribution in [2.24, 2.45) is 0 Å². The van der Waals surface area contributed by atoms with Crippen molar-refractivity contribution in [1.82, 2.24) is 4.98 Å². The number of nitrogens with zero attached hydrogens (tertiary/aromatic N) is 2. The molecule has 0 saturated carbocycles. The minimum Gasteiger partial charge on any atom is -0.326 e. The lowest BCUT2D eigenvalue weighted by molar-refractivity contribution is 0.102. The standard InChI is InChI=1S/C21H17F2N3O/c22-17-9-8-16(12-18(17)23)25-21(27)15-7-10-20(24-13-15)26-11-3-5-14-4-1-2-6-19(14)26/h1-2,4,6-10,12-13H,3,5,11H2,(H,25,27). The normalized spacial score (nSPS) is 13.2. The van der Waals surface area contributed by atoms with Crippen molar-refractivity contribution >= 4 is 23.1 Å². The summed E-state index contributed by atoms with van der Waals surface area (Å²) in [6.45, 7) is 0.865. The maximum Gasteiger partial charge on any atom is 0.257 e. The van der Waals surface area contributed by atoms with Gasteiger partial charge in [-0.25, -0.2) is 13.8 Å². The maximum absolute atomic E-state index is 13.3.